The lowest BCUT2D eigenvalue weighted by Gasteiger charge is -2.32. The molecule has 0 unspecified atom stereocenters. The number of thiazole rings is 1. The van der Waals surface area contributed by atoms with Crippen LogP contribution in [0.5, 0.6) is 0 Å². The van der Waals surface area contributed by atoms with Gasteiger partial charge in [-0.1, -0.05) is 12.1 Å². The zero-order chi connectivity index (χ0) is 17.8. The van der Waals surface area contributed by atoms with Crippen LogP contribution in [0, 0.1) is 0 Å². The Balaban J connectivity index is 1.37. The summed E-state index contributed by atoms with van der Waals surface area (Å²) in [6, 6.07) is 7.60. The molecule has 2 atom stereocenters. The quantitative estimate of drug-likeness (QED) is 0.716. The van der Waals surface area contributed by atoms with Gasteiger partial charge in [-0.05, 0) is 18.6 Å². The number of carbonyl (C=O) groups is 1. The number of ether oxygens (including phenoxy) is 2. The molecule has 1 N–H and O–H groups in total. The Hall–Kier alpha value is -2.29. The van der Waals surface area contributed by atoms with E-state index in [1.54, 1.807) is 23.2 Å². The van der Waals surface area contributed by atoms with Crippen LogP contribution in [0.4, 0.5) is 0 Å². The van der Waals surface area contributed by atoms with Gasteiger partial charge >= 0.3 is 0 Å². The number of nitrogens with zero attached hydrogens (tertiary/aromatic N) is 3. The van der Waals surface area contributed by atoms with E-state index in [1.165, 1.54) is 0 Å². The van der Waals surface area contributed by atoms with Crippen molar-refractivity contribution >= 4 is 28.3 Å². The third-order valence-corrected chi connectivity index (χ3v) is 5.04. The molecule has 1 aromatic carbocycles. The van der Waals surface area contributed by atoms with E-state index in [4.69, 9.17) is 9.47 Å². The number of para-hydroxylation sites is 2. The Morgan fingerprint density at radius 2 is 2.31 bits per heavy atom. The first kappa shape index (κ1) is 17.1. The topological polar surface area (TPSA) is 78.3 Å². The Labute approximate surface area is 155 Å². The maximum absolute atomic E-state index is 12.5. The molecule has 4 rings (SSSR count). The minimum atomic E-state index is -0.162. The number of hydrogen-bond acceptors (Lipinski definition) is 6. The van der Waals surface area contributed by atoms with Gasteiger partial charge in [-0.25, -0.2) is 9.97 Å². The number of fused-ring (bicyclic) bond motifs is 1. The lowest BCUT2D eigenvalue weighted by atomic mass is 10.1. The SMILES string of the molecule is O=C(Cn1cnc2ccccc21)N[C@@H]1COCC[C@@H]1OCc1cscn1. The third-order valence-electron chi connectivity index (χ3n) is 4.41. The Morgan fingerprint density at radius 3 is 3.19 bits per heavy atom. The average Bonchev–Trinajstić information content (AvgIpc) is 3.31. The number of imidazole rings is 1. The summed E-state index contributed by atoms with van der Waals surface area (Å²) in [5.74, 6) is -0.0779. The smallest absolute Gasteiger partial charge is 0.240 e. The van der Waals surface area contributed by atoms with Crippen LogP contribution >= 0.6 is 11.3 Å². The molecule has 0 aliphatic carbocycles. The first-order valence-electron chi connectivity index (χ1n) is 8.55. The molecule has 3 heterocycles. The van der Waals surface area contributed by atoms with Gasteiger partial charge in [-0.2, -0.15) is 0 Å². The Kier molecular flexibility index (Phi) is 5.24. The maximum atomic E-state index is 12.5. The fourth-order valence-electron chi connectivity index (χ4n) is 3.10. The van der Waals surface area contributed by atoms with Gasteiger partial charge in [0.05, 0.1) is 53.9 Å². The van der Waals surface area contributed by atoms with Crippen LogP contribution in [0.2, 0.25) is 0 Å². The minimum Gasteiger partial charge on any atom is -0.379 e. The number of nitrogens with one attached hydrogen (secondary N) is 1. The Bertz CT molecular complexity index is 864. The zero-order valence-corrected chi connectivity index (χ0v) is 15.0. The first-order valence-corrected chi connectivity index (χ1v) is 9.49. The lowest BCUT2D eigenvalue weighted by Crippen LogP contribution is -2.51. The summed E-state index contributed by atoms with van der Waals surface area (Å²) in [7, 11) is 0. The van der Waals surface area contributed by atoms with Gasteiger partial charge in [-0.3, -0.25) is 4.79 Å². The molecular formula is C18H20N4O3S. The van der Waals surface area contributed by atoms with Crippen LogP contribution in [0.3, 0.4) is 0 Å². The summed E-state index contributed by atoms with van der Waals surface area (Å²) in [5, 5.41) is 5.02. The van der Waals surface area contributed by atoms with E-state index in [9.17, 15) is 4.79 Å². The largest absolute Gasteiger partial charge is 0.379 e. The summed E-state index contributed by atoms with van der Waals surface area (Å²) in [6.07, 6.45) is 2.37. The van der Waals surface area contributed by atoms with Gasteiger partial charge in [0.25, 0.3) is 0 Å². The number of benzene rings is 1. The molecule has 1 saturated heterocycles. The lowest BCUT2D eigenvalue weighted by molar-refractivity contribution is -0.127. The highest BCUT2D eigenvalue weighted by molar-refractivity contribution is 7.07. The van der Waals surface area contributed by atoms with E-state index in [1.807, 2.05) is 34.2 Å². The van der Waals surface area contributed by atoms with Gasteiger partial charge in [0.2, 0.25) is 5.91 Å². The fraction of sp³-hybridized carbons (Fsp3) is 0.389. The van der Waals surface area contributed by atoms with Crippen LogP contribution in [-0.2, 0) is 27.4 Å². The molecule has 1 amide bonds. The highest BCUT2D eigenvalue weighted by Gasteiger charge is 2.28. The normalized spacial score (nSPS) is 20.3. The van der Waals surface area contributed by atoms with E-state index < -0.39 is 0 Å². The fourth-order valence-corrected chi connectivity index (χ4v) is 3.64. The molecule has 26 heavy (non-hydrogen) atoms. The van der Waals surface area contributed by atoms with Gasteiger partial charge < -0.3 is 19.4 Å². The van der Waals surface area contributed by atoms with Gasteiger partial charge in [0.1, 0.15) is 6.54 Å². The number of aromatic nitrogens is 3. The van der Waals surface area contributed by atoms with Gasteiger partial charge in [0.15, 0.2) is 0 Å². The molecule has 3 aromatic rings. The summed E-state index contributed by atoms with van der Waals surface area (Å²) >= 11 is 1.55. The second-order valence-corrected chi connectivity index (χ2v) is 6.95. The molecule has 8 heteroatoms. The van der Waals surface area contributed by atoms with Crippen molar-refractivity contribution < 1.29 is 14.3 Å². The molecule has 0 bridgehead atoms. The van der Waals surface area contributed by atoms with E-state index in [0.717, 1.165) is 23.1 Å². The summed E-state index contributed by atoms with van der Waals surface area (Å²) < 4.78 is 13.4. The molecular weight excluding hydrogens is 352 g/mol. The van der Waals surface area contributed by atoms with Gasteiger partial charge in [0, 0.05) is 12.0 Å². The van der Waals surface area contributed by atoms with Crippen molar-refractivity contribution in [3.8, 4) is 0 Å². The Morgan fingerprint density at radius 1 is 1.38 bits per heavy atom. The molecule has 1 fully saturated rings. The predicted molar refractivity (Wildman–Crippen MR) is 97.8 cm³/mol. The van der Waals surface area contributed by atoms with Crippen LogP contribution in [0.1, 0.15) is 12.1 Å². The molecule has 2 aromatic heterocycles. The molecule has 136 valence electrons. The number of carbonyl (C=O) groups excluding carboxylic acids is 1. The van der Waals surface area contributed by atoms with Crippen molar-refractivity contribution in [2.45, 2.75) is 31.7 Å². The summed E-state index contributed by atoms with van der Waals surface area (Å²) in [5.41, 5.74) is 4.53. The van der Waals surface area contributed by atoms with Gasteiger partial charge in [-0.15, -0.1) is 11.3 Å². The van der Waals surface area contributed by atoms with Crippen LogP contribution < -0.4 is 5.32 Å². The number of hydrogen-bond donors (Lipinski definition) is 1. The first-order chi connectivity index (χ1) is 12.8. The summed E-state index contributed by atoms with van der Waals surface area (Å²) in [6.45, 7) is 1.76. The van der Waals surface area contributed by atoms with Crippen LogP contribution in [0.15, 0.2) is 41.5 Å². The minimum absolute atomic E-state index is 0.0751. The predicted octanol–water partition coefficient (Wildman–Crippen LogP) is 1.98. The van der Waals surface area contributed by atoms with Crippen LogP contribution in [-0.4, -0.2) is 45.8 Å². The zero-order valence-electron chi connectivity index (χ0n) is 14.2. The van der Waals surface area contributed by atoms with Crippen molar-refractivity contribution in [2.75, 3.05) is 13.2 Å². The van der Waals surface area contributed by atoms with Crippen LogP contribution in [0.25, 0.3) is 11.0 Å². The standard InChI is InChI=1S/C18H20N4O3S/c23-18(7-22-11-19-14-3-1-2-4-16(14)22)21-15-9-24-6-5-17(15)25-8-13-10-26-12-20-13/h1-4,10-12,15,17H,5-9H2,(H,21,23)/t15-,17+/m1/s1. The maximum Gasteiger partial charge on any atom is 0.240 e. The molecule has 1 aliphatic rings. The second-order valence-electron chi connectivity index (χ2n) is 6.23. The van der Waals surface area contributed by atoms with Crippen molar-refractivity contribution in [1.29, 1.82) is 0 Å². The molecule has 0 radical (unpaired) electrons. The summed E-state index contributed by atoms with van der Waals surface area (Å²) in [4.78, 5) is 21.1. The van der Waals surface area contributed by atoms with E-state index in [2.05, 4.69) is 15.3 Å². The molecule has 1 aliphatic heterocycles. The average molecular weight is 372 g/mol. The van der Waals surface area contributed by atoms with Crippen molar-refractivity contribution in [3.05, 3.63) is 47.2 Å². The van der Waals surface area contributed by atoms with Crippen molar-refractivity contribution in [3.63, 3.8) is 0 Å². The third kappa shape index (κ3) is 3.92. The number of amides is 1. The monoisotopic (exact) mass is 372 g/mol. The molecule has 7 nitrogen and oxygen atoms in total. The molecule has 0 spiro atoms. The highest BCUT2D eigenvalue weighted by atomic mass is 32.1. The van der Waals surface area contributed by atoms with E-state index in [0.29, 0.717) is 19.8 Å². The van der Waals surface area contributed by atoms with E-state index in [-0.39, 0.29) is 24.6 Å². The second kappa shape index (κ2) is 7.94. The molecule has 0 saturated carbocycles. The number of rotatable bonds is 6. The van der Waals surface area contributed by atoms with E-state index >= 15 is 0 Å². The highest BCUT2D eigenvalue weighted by Crippen LogP contribution is 2.15. The van der Waals surface area contributed by atoms with Crippen molar-refractivity contribution in [1.82, 2.24) is 19.9 Å². The van der Waals surface area contributed by atoms with Crippen molar-refractivity contribution in [2.24, 2.45) is 0 Å².